The van der Waals surface area contributed by atoms with Gasteiger partial charge in [0.25, 0.3) is 0 Å². The van der Waals surface area contributed by atoms with Crippen molar-refractivity contribution >= 4 is 11.7 Å². The molecule has 0 radical (unpaired) electrons. The number of anilines is 1. The van der Waals surface area contributed by atoms with E-state index < -0.39 is 5.97 Å². The van der Waals surface area contributed by atoms with Crippen LogP contribution < -0.4 is 4.90 Å². The number of hydrogen-bond acceptors (Lipinski definition) is 3. The zero-order chi connectivity index (χ0) is 16.4. The van der Waals surface area contributed by atoms with Gasteiger partial charge in [-0.25, -0.2) is 4.39 Å². The molecule has 1 aliphatic carbocycles. The first-order valence-electron chi connectivity index (χ1n) is 8.52. The second kappa shape index (κ2) is 6.87. The molecule has 2 aliphatic rings. The summed E-state index contributed by atoms with van der Waals surface area (Å²) in [6.07, 6.45) is 2.73. The molecule has 3 atom stereocenters. The minimum Gasteiger partial charge on any atom is -0.481 e. The van der Waals surface area contributed by atoms with Gasteiger partial charge in [0.1, 0.15) is 5.82 Å². The van der Waals surface area contributed by atoms with Crippen LogP contribution in [0.4, 0.5) is 10.1 Å². The molecule has 0 spiro atoms. The van der Waals surface area contributed by atoms with E-state index in [-0.39, 0.29) is 17.7 Å². The summed E-state index contributed by atoms with van der Waals surface area (Å²) in [5.41, 5.74) is 0.951. The molecule has 1 N–H and O–H groups in total. The molecule has 1 saturated heterocycles. The van der Waals surface area contributed by atoms with Crippen molar-refractivity contribution in [1.29, 1.82) is 0 Å². The number of nitrogens with zero attached hydrogens (tertiary/aromatic N) is 2. The van der Waals surface area contributed by atoms with E-state index in [1.807, 2.05) is 6.07 Å². The van der Waals surface area contributed by atoms with Crippen LogP contribution in [0.15, 0.2) is 24.3 Å². The second-order valence-electron chi connectivity index (χ2n) is 6.89. The van der Waals surface area contributed by atoms with E-state index in [9.17, 15) is 14.3 Å². The van der Waals surface area contributed by atoms with Gasteiger partial charge in [-0.1, -0.05) is 13.0 Å². The largest absolute Gasteiger partial charge is 0.481 e. The lowest BCUT2D eigenvalue weighted by atomic mass is 9.77. The number of halogens is 1. The Morgan fingerprint density at radius 1 is 1.22 bits per heavy atom. The van der Waals surface area contributed by atoms with Crippen molar-refractivity contribution in [3.63, 3.8) is 0 Å². The number of piperazine rings is 1. The van der Waals surface area contributed by atoms with Gasteiger partial charge in [0.2, 0.25) is 0 Å². The van der Waals surface area contributed by atoms with Gasteiger partial charge in [-0.15, -0.1) is 0 Å². The second-order valence-corrected chi connectivity index (χ2v) is 6.89. The molecule has 1 aliphatic heterocycles. The minimum absolute atomic E-state index is 0.181. The molecule has 3 unspecified atom stereocenters. The van der Waals surface area contributed by atoms with Crippen molar-refractivity contribution in [2.75, 3.05) is 31.1 Å². The lowest BCUT2D eigenvalue weighted by Gasteiger charge is -2.43. The quantitative estimate of drug-likeness (QED) is 0.930. The molecule has 1 heterocycles. The average Bonchev–Trinajstić information content (AvgIpc) is 2.54. The zero-order valence-electron chi connectivity index (χ0n) is 13.6. The summed E-state index contributed by atoms with van der Waals surface area (Å²) in [5.74, 6) is -0.773. The molecule has 126 valence electrons. The Balaban J connectivity index is 1.54. The van der Waals surface area contributed by atoms with E-state index in [0.29, 0.717) is 6.04 Å². The zero-order valence-corrected chi connectivity index (χ0v) is 13.6. The summed E-state index contributed by atoms with van der Waals surface area (Å²) in [7, 11) is 0. The monoisotopic (exact) mass is 320 g/mol. The van der Waals surface area contributed by atoms with E-state index in [1.54, 1.807) is 12.1 Å². The van der Waals surface area contributed by atoms with Crippen LogP contribution in [0.2, 0.25) is 0 Å². The maximum absolute atomic E-state index is 13.3. The Bertz CT molecular complexity index is 558. The van der Waals surface area contributed by atoms with Gasteiger partial charge in [0, 0.05) is 37.9 Å². The van der Waals surface area contributed by atoms with Crippen molar-refractivity contribution in [1.82, 2.24) is 4.90 Å². The highest BCUT2D eigenvalue weighted by Gasteiger charge is 2.35. The molecule has 1 aromatic rings. The minimum atomic E-state index is -0.646. The molecule has 2 fully saturated rings. The smallest absolute Gasteiger partial charge is 0.306 e. The van der Waals surface area contributed by atoms with Crippen LogP contribution in [-0.4, -0.2) is 48.2 Å². The number of carboxylic acid groups (broad SMARTS) is 1. The van der Waals surface area contributed by atoms with E-state index in [0.717, 1.165) is 51.1 Å². The van der Waals surface area contributed by atoms with Gasteiger partial charge in [0.05, 0.1) is 5.92 Å². The van der Waals surface area contributed by atoms with Crippen LogP contribution >= 0.6 is 0 Å². The highest BCUT2D eigenvalue weighted by molar-refractivity contribution is 5.70. The van der Waals surface area contributed by atoms with Crippen molar-refractivity contribution < 1.29 is 14.3 Å². The summed E-state index contributed by atoms with van der Waals surface area (Å²) in [6.45, 7) is 5.79. The molecule has 1 aromatic carbocycles. The topological polar surface area (TPSA) is 43.8 Å². The normalized spacial score (nSPS) is 29.5. The third kappa shape index (κ3) is 3.66. The van der Waals surface area contributed by atoms with Crippen molar-refractivity contribution in [3.8, 4) is 0 Å². The first-order chi connectivity index (χ1) is 11.0. The van der Waals surface area contributed by atoms with E-state index >= 15 is 0 Å². The molecular weight excluding hydrogens is 295 g/mol. The summed E-state index contributed by atoms with van der Waals surface area (Å²) < 4.78 is 13.3. The van der Waals surface area contributed by atoms with Crippen LogP contribution in [-0.2, 0) is 4.79 Å². The van der Waals surface area contributed by atoms with Crippen molar-refractivity contribution in [3.05, 3.63) is 30.1 Å². The maximum Gasteiger partial charge on any atom is 0.306 e. The SMILES string of the molecule is CC1CC(N2CCN(c3cccc(F)c3)CC2)CCC1C(=O)O. The fourth-order valence-corrected chi connectivity index (χ4v) is 4.08. The summed E-state index contributed by atoms with van der Waals surface area (Å²) in [6, 6.07) is 7.28. The molecule has 4 nitrogen and oxygen atoms in total. The van der Waals surface area contributed by atoms with Crippen molar-refractivity contribution in [2.45, 2.75) is 32.2 Å². The highest BCUT2D eigenvalue weighted by atomic mass is 19.1. The Morgan fingerprint density at radius 2 is 1.96 bits per heavy atom. The number of hydrogen-bond donors (Lipinski definition) is 1. The Morgan fingerprint density at radius 3 is 2.57 bits per heavy atom. The third-order valence-electron chi connectivity index (χ3n) is 5.46. The fraction of sp³-hybridized carbons (Fsp3) is 0.611. The molecule has 23 heavy (non-hydrogen) atoms. The van der Waals surface area contributed by atoms with Crippen LogP contribution in [0.25, 0.3) is 0 Å². The molecule has 5 heteroatoms. The predicted octanol–water partition coefficient (Wildman–Crippen LogP) is 2.84. The van der Waals surface area contributed by atoms with Crippen LogP contribution in [0.3, 0.4) is 0 Å². The van der Waals surface area contributed by atoms with Gasteiger partial charge >= 0.3 is 5.97 Å². The van der Waals surface area contributed by atoms with Gasteiger partial charge in [0.15, 0.2) is 0 Å². The number of carboxylic acids is 1. The standard InChI is InChI=1S/C18H25FN2O2/c1-13-11-16(5-6-17(13)18(22)23)21-9-7-20(8-10-21)15-4-2-3-14(19)12-15/h2-4,12-13,16-17H,5-11H2,1H3,(H,22,23). The number of rotatable bonds is 3. The van der Waals surface area contributed by atoms with E-state index in [4.69, 9.17) is 0 Å². The first-order valence-corrected chi connectivity index (χ1v) is 8.52. The molecule has 3 rings (SSSR count). The Kier molecular flexibility index (Phi) is 4.85. The molecule has 0 amide bonds. The Hall–Kier alpha value is -1.62. The fourth-order valence-electron chi connectivity index (χ4n) is 4.08. The van der Waals surface area contributed by atoms with Gasteiger partial charge < -0.3 is 10.0 Å². The van der Waals surface area contributed by atoms with Gasteiger partial charge in [-0.2, -0.15) is 0 Å². The summed E-state index contributed by atoms with van der Waals surface area (Å²) in [5, 5.41) is 9.24. The molecule has 0 bridgehead atoms. The average molecular weight is 320 g/mol. The molecular formula is C18H25FN2O2. The van der Waals surface area contributed by atoms with E-state index in [1.165, 1.54) is 6.07 Å². The molecule has 0 aromatic heterocycles. The van der Waals surface area contributed by atoms with Crippen LogP contribution in [0, 0.1) is 17.7 Å². The summed E-state index contributed by atoms with van der Waals surface area (Å²) in [4.78, 5) is 15.9. The summed E-state index contributed by atoms with van der Waals surface area (Å²) >= 11 is 0. The predicted molar refractivity (Wildman–Crippen MR) is 88.1 cm³/mol. The van der Waals surface area contributed by atoms with Crippen LogP contribution in [0.1, 0.15) is 26.2 Å². The highest BCUT2D eigenvalue weighted by Crippen LogP contribution is 2.33. The number of benzene rings is 1. The van der Waals surface area contributed by atoms with E-state index in [2.05, 4.69) is 16.7 Å². The third-order valence-corrected chi connectivity index (χ3v) is 5.46. The number of carbonyl (C=O) groups is 1. The first kappa shape index (κ1) is 16.2. The van der Waals surface area contributed by atoms with Gasteiger partial charge in [-0.05, 0) is 43.4 Å². The number of aliphatic carboxylic acids is 1. The van der Waals surface area contributed by atoms with Gasteiger partial charge in [-0.3, -0.25) is 9.69 Å². The lowest BCUT2D eigenvalue weighted by Crippen LogP contribution is -2.52. The maximum atomic E-state index is 13.3. The lowest BCUT2D eigenvalue weighted by molar-refractivity contribution is -0.145. The molecule has 1 saturated carbocycles. The van der Waals surface area contributed by atoms with Crippen molar-refractivity contribution in [2.24, 2.45) is 11.8 Å². The Labute approximate surface area is 136 Å². The van der Waals surface area contributed by atoms with Crippen LogP contribution in [0.5, 0.6) is 0 Å².